The number of aromatic nitrogens is 3. The molecule has 7 heteroatoms. The van der Waals surface area contributed by atoms with Crippen LogP contribution in [0.1, 0.15) is 31.7 Å². The smallest absolute Gasteiger partial charge is 0.325 e. The maximum Gasteiger partial charge on any atom is 0.331 e. The molecule has 0 aliphatic heterocycles. The van der Waals surface area contributed by atoms with Gasteiger partial charge in [0.25, 0.3) is 0 Å². The summed E-state index contributed by atoms with van der Waals surface area (Å²) in [5.41, 5.74) is 1.56. The molecule has 1 fully saturated rings. The fourth-order valence-corrected chi connectivity index (χ4v) is 3.63. The van der Waals surface area contributed by atoms with Gasteiger partial charge in [0.1, 0.15) is 12.4 Å². The highest BCUT2D eigenvalue weighted by molar-refractivity contribution is 5.91. The van der Waals surface area contributed by atoms with E-state index in [1.807, 2.05) is 0 Å². The monoisotopic (exact) mass is 354 g/mol. The number of halogens is 1. The van der Waals surface area contributed by atoms with Gasteiger partial charge in [-0.05, 0) is 49.2 Å². The Morgan fingerprint density at radius 3 is 2.65 bits per heavy atom. The molecule has 6 nitrogen and oxygen atoms in total. The number of fused-ring (bicyclic) bond motifs is 1. The molecule has 1 aliphatic carbocycles. The average Bonchev–Trinajstić information content (AvgIpc) is 3.24. The van der Waals surface area contributed by atoms with E-state index in [-0.39, 0.29) is 30.0 Å². The quantitative estimate of drug-likeness (QED) is 0.783. The Kier molecular flexibility index (Phi) is 4.28. The lowest BCUT2D eigenvalue weighted by molar-refractivity contribution is -0.116. The van der Waals surface area contributed by atoms with Gasteiger partial charge in [-0.25, -0.2) is 14.2 Å². The lowest BCUT2D eigenvalue weighted by Crippen LogP contribution is -2.30. The van der Waals surface area contributed by atoms with Crippen molar-refractivity contribution in [1.82, 2.24) is 14.1 Å². The van der Waals surface area contributed by atoms with Gasteiger partial charge in [-0.3, -0.25) is 13.9 Å². The third-order valence-corrected chi connectivity index (χ3v) is 4.84. The Morgan fingerprint density at radius 1 is 1.19 bits per heavy atom. The Balaban J connectivity index is 1.65. The molecule has 2 heterocycles. The fourth-order valence-electron chi connectivity index (χ4n) is 3.63. The summed E-state index contributed by atoms with van der Waals surface area (Å²) in [7, 11) is 0. The van der Waals surface area contributed by atoms with Gasteiger partial charge in [0.2, 0.25) is 5.91 Å². The summed E-state index contributed by atoms with van der Waals surface area (Å²) in [5, 5.41) is 2.69. The number of carbonyl (C=O) groups is 1. The molecular formula is C19H19FN4O2. The summed E-state index contributed by atoms with van der Waals surface area (Å²) in [5.74, 6) is -0.710. The topological polar surface area (TPSA) is 68.9 Å². The molecule has 3 aromatic rings. The highest BCUT2D eigenvalue weighted by atomic mass is 19.1. The van der Waals surface area contributed by atoms with Gasteiger partial charge in [0.15, 0.2) is 5.65 Å². The van der Waals surface area contributed by atoms with Crippen LogP contribution in [0.4, 0.5) is 10.1 Å². The van der Waals surface area contributed by atoms with Crippen LogP contribution in [0.5, 0.6) is 0 Å². The molecule has 0 saturated heterocycles. The Labute approximate surface area is 149 Å². The van der Waals surface area contributed by atoms with Crippen LogP contribution < -0.4 is 11.0 Å². The summed E-state index contributed by atoms with van der Waals surface area (Å²) < 4.78 is 16.2. The molecule has 134 valence electrons. The number of benzene rings is 1. The highest BCUT2D eigenvalue weighted by Gasteiger charge is 2.24. The van der Waals surface area contributed by atoms with Crippen molar-refractivity contribution in [2.45, 2.75) is 38.3 Å². The summed E-state index contributed by atoms with van der Waals surface area (Å²) in [4.78, 5) is 29.7. The highest BCUT2D eigenvalue weighted by Crippen LogP contribution is 2.30. The second-order valence-corrected chi connectivity index (χ2v) is 6.58. The minimum Gasteiger partial charge on any atom is -0.325 e. The normalized spacial score (nSPS) is 14.8. The Hall–Kier alpha value is -2.96. The number of rotatable bonds is 4. The van der Waals surface area contributed by atoms with E-state index in [9.17, 15) is 14.0 Å². The van der Waals surface area contributed by atoms with Crippen molar-refractivity contribution in [3.05, 3.63) is 58.9 Å². The van der Waals surface area contributed by atoms with Gasteiger partial charge in [0.05, 0.1) is 5.52 Å². The van der Waals surface area contributed by atoms with Crippen LogP contribution in [0.15, 0.2) is 47.4 Å². The number of pyridine rings is 1. The summed E-state index contributed by atoms with van der Waals surface area (Å²) in [6.07, 6.45) is 5.77. The van der Waals surface area contributed by atoms with Crippen LogP contribution >= 0.6 is 0 Å². The van der Waals surface area contributed by atoms with E-state index in [2.05, 4.69) is 10.3 Å². The van der Waals surface area contributed by atoms with Crippen LogP contribution in [0.25, 0.3) is 11.2 Å². The molecule has 0 atom stereocenters. The first-order valence-corrected chi connectivity index (χ1v) is 8.74. The van der Waals surface area contributed by atoms with E-state index < -0.39 is 0 Å². The molecule has 1 N–H and O–H groups in total. The largest absolute Gasteiger partial charge is 0.331 e. The van der Waals surface area contributed by atoms with Crippen LogP contribution in [-0.4, -0.2) is 20.0 Å². The molecular weight excluding hydrogens is 335 g/mol. The van der Waals surface area contributed by atoms with Crippen molar-refractivity contribution < 1.29 is 9.18 Å². The number of hydrogen-bond acceptors (Lipinski definition) is 3. The first kappa shape index (κ1) is 16.5. The van der Waals surface area contributed by atoms with Crippen molar-refractivity contribution in [3.63, 3.8) is 0 Å². The first-order chi connectivity index (χ1) is 12.6. The molecule has 4 rings (SSSR count). The van der Waals surface area contributed by atoms with E-state index in [0.29, 0.717) is 16.9 Å². The number of nitrogens with one attached hydrogen (secondary N) is 1. The summed E-state index contributed by atoms with van der Waals surface area (Å²) >= 11 is 0. The van der Waals surface area contributed by atoms with E-state index in [1.165, 1.54) is 28.8 Å². The molecule has 1 aromatic carbocycles. The Morgan fingerprint density at radius 2 is 1.92 bits per heavy atom. The lowest BCUT2D eigenvalue weighted by Gasteiger charge is -2.10. The molecule has 0 spiro atoms. The van der Waals surface area contributed by atoms with E-state index >= 15 is 0 Å². The average molecular weight is 354 g/mol. The number of anilines is 1. The summed E-state index contributed by atoms with van der Waals surface area (Å²) in [6.45, 7) is -0.113. The fraction of sp³-hybridized carbons (Fsp3) is 0.316. The first-order valence-electron chi connectivity index (χ1n) is 8.74. The van der Waals surface area contributed by atoms with Gasteiger partial charge in [-0.1, -0.05) is 12.8 Å². The van der Waals surface area contributed by atoms with Gasteiger partial charge in [-0.15, -0.1) is 0 Å². The van der Waals surface area contributed by atoms with Crippen molar-refractivity contribution in [3.8, 4) is 0 Å². The molecule has 1 amide bonds. The molecule has 0 radical (unpaired) electrons. The van der Waals surface area contributed by atoms with Crippen molar-refractivity contribution in [2.75, 3.05) is 5.32 Å². The maximum absolute atomic E-state index is 13.0. The predicted molar refractivity (Wildman–Crippen MR) is 96.5 cm³/mol. The second-order valence-electron chi connectivity index (χ2n) is 6.58. The van der Waals surface area contributed by atoms with Crippen molar-refractivity contribution >= 4 is 22.8 Å². The van der Waals surface area contributed by atoms with Gasteiger partial charge < -0.3 is 5.32 Å². The molecule has 2 aromatic heterocycles. The third-order valence-electron chi connectivity index (χ3n) is 4.84. The standard InChI is InChI=1S/C19H19FN4O2/c20-13-7-9-14(10-8-13)22-17(25)12-23-16-6-3-11-21-18(16)24(19(23)26)15-4-1-2-5-15/h3,6-11,15H,1-2,4-5,12H2,(H,22,25). The third kappa shape index (κ3) is 3.00. The number of imidazole rings is 1. The number of hydrogen-bond donors (Lipinski definition) is 1. The van der Waals surface area contributed by atoms with Gasteiger partial charge in [-0.2, -0.15) is 0 Å². The number of amides is 1. The maximum atomic E-state index is 13.0. The zero-order valence-electron chi connectivity index (χ0n) is 14.2. The second kappa shape index (κ2) is 6.74. The Bertz CT molecular complexity index is 1000. The molecule has 1 saturated carbocycles. The predicted octanol–water partition coefficient (Wildman–Crippen LogP) is 3.09. The molecule has 0 unspecified atom stereocenters. The van der Waals surface area contributed by atoms with Gasteiger partial charge in [0, 0.05) is 17.9 Å². The van der Waals surface area contributed by atoms with Gasteiger partial charge >= 0.3 is 5.69 Å². The zero-order chi connectivity index (χ0) is 18.1. The zero-order valence-corrected chi connectivity index (χ0v) is 14.2. The van der Waals surface area contributed by atoms with E-state index in [1.54, 1.807) is 22.9 Å². The summed E-state index contributed by atoms with van der Waals surface area (Å²) in [6, 6.07) is 9.23. The van der Waals surface area contributed by atoms with Crippen LogP contribution in [-0.2, 0) is 11.3 Å². The lowest BCUT2D eigenvalue weighted by atomic mass is 10.2. The van der Waals surface area contributed by atoms with E-state index in [4.69, 9.17) is 0 Å². The van der Waals surface area contributed by atoms with Crippen LogP contribution in [0, 0.1) is 5.82 Å². The van der Waals surface area contributed by atoms with Crippen molar-refractivity contribution in [2.24, 2.45) is 0 Å². The number of carbonyl (C=O) groups excluding carboxylic acids is 1. The SMILES string of the molecule is O=C(Cn1c(=O)n(C2CCCC2)c2ncccc21)Nc1ccc(F)cc1. The number of nitrogens with zero attached hydrogens (tertiary/aromatic N) is 3. The minimum absolute atomic E-state index is 0.113. The van der Waals surface area contributed by atoms with E-state index in [0.717, 1.165) is 25.7 Å². The van der Waals surface area contributed by atoms with Crippen LogP contribution in [0.3, 0.4) is 0 Å². The van der Waals surface area contributed by atoms with Crippen molar-refractivity contribution in [1.29, 1.82) is 0 Å². The van der Waals surface area contributed by atoms with Crippen LogP contribution in [0.2, 0.25) is 0 Å². The molecule has 1 aliphatic rings. The molecule has 26 heavy (non-hydrogen) atoms. The molecule has 0 bridgehead atoms. The minimum atomic E-state index is -0.370.